The molecule has 12 fully saturated rings. The van der Waals surface area contributed by atoms with E-state index in [0.717, 1.165) is 6.26 Å². The van der Waals surface area contributed by atoms with Gasteiger partial charge in [0.25, 0.3) is 0 Å². The maximum absolute atomic E-state index is 11.8. The lowest BCUT2D eigenvalue weighted by Gasteiger charge is -2.47. The highest BCUT2D eigenvalue weighted by Gasteiger charge is 2.60. The largest absolute Gasteiger partial charge is 0.394 e. The van der Waals surface area contributed by atoms with Crippen LogP contribution in [0.1, 0.15) is 98.8 Å². The highest BCUT2D eigenvalue weighted by Crippen LogP contribution is 2.42. The van der Waals surface area contributed by atoms with E-state index in [4.69, 9.17) is 177 Å². The van der Waals surface area contributed by atoms with Gasteiger partial charge >= 0.3 is 0 Å². The first-order chi connectivity index (χ1) is 61.1. The molecule has 52 heteroatoms. The highest BCUT2D eigenvalue weighted by atomic mass is 32.2. The van der Waals surface area contributed by atoms with Crippen molar-refractivity contribution in [3.05, 3.63) is 0 Å². The number of rotatable bonds is 30. The van der Waals surface area contributed by atoms with E-state index < -0.39 is 353 Å². The fourth-order valence-corrected chi connectivity index (χ4v) is 19.5. The fourth-order valence-electron chi connectivity index (χ4n) is 18.6. The molecule has 9 saturated heterocycles. The molecule has 3 aliphatic carbocycles. The molecule has 0 spiro atoms. The van der Waals surface area contributed by atoms with Crippen LogP contribution >= 0.6 is 0 Å². The van der Waals surface area contributed by atoms with Crippen molar-refractivity contribution in [1.82, 2.24) is 0 Å². The quantitative estimate of drug-likeness (QED) is 0.0318. The third kappa shape index (κ3) is 25.8. The van der Waals surface area contributed by atoms with Crippen LogP contribution in [0.5, 0.6) is 0 Å². The molecule has 0 amide bonds. The summed E-state index contributed by atoms with van der Waals surface area (Å²) in [4.78, 5) is 0. The topological polar surface area (TPSA) is 918 Å². The second kappa shape index (κ2) is 47.7. The summed E-state index contributed by atoms with van der Waals surface area (Å²) in [7, 11) is -3.38. The highest BCUT2D eigenvalue weighted by molar-refractivity contribution is 7.90. The molecule has 0 aromatic heterocycles. The Balaban J connectivity index is 0.000000203. The van der Waals surface area contributed by atoms with Gasteiger partial charge in [-0.1, -0.05) is 20.8 Å². The maximum atomic E-state index is 11.8. The van der Waals surface area contributed by atoms with Gasteiger partial charge in [0, 0.05) is 97.5 Å². The van der Waals surface area contributed by atoms with E-state index in [1.165, 1.54) is 0 Å². The Morgan fingerprint density at radius 3 is 0.892 bits per heavy atom. The van der Waals surface area contributed by atoms with Crippen molar-refractivity contribution >= 4 is 9.84 Å². The number of hydrogen-bond acceptors (Lipinski definition) is 51. The van der Waals surface area contributed by atoms with Crippen LogP contribution in [0.4, 0.5) is 0 Å². The molecule has 130 heavy (non-hydrogen) atoms. The molecule has 51 nitrogen and oxygen atoms in total. The molecular formula is C78H150N16O35S. The van der Waals surface area contributed by atoms with E-state index in [-0.39, 0.29) is 57.2 Å². The number of hydrogen-bond donors (Lipinski definition) is 30. The molecular weight excluding hydrogens is 1750 g/mol. The second-order valence-corrected chi connectivity index (χ2v) is 39.7. The number of nitriles is 1. The average Bonchev–Trinajstić information content (AvgIpc) is 1.68. The third-order valence-corrected chi connectivity index (χ3v) is 27.8. The van der Waals surface area contributed by atoms with Crippen LogP contribution in [0.3, 0.4) is 0 Å². The third-order valence-electron chi connectivity index (χ3n) is 26.9. The fraction of sp³-hybridized carbons (Fsp3) is 0.987. The Hall–Kier alpha value is -2.48. The van der Waals surface area contributed by atoms with Crippen molar-refractivity contribution in [2.45, 2.75) is 411 Å². The summed E-state index contributed by atoms with van der Waals surface area (Å²) in [6.07, 6.45) is -39.4. The Kier molecular flexibility index (Phi) is 40.1. The van der Waals surface area contributed by atoms with E-state index in [1.54, 1.807) is 20.8 Å². The zero-order chi connectivity index (χ0) is 96.1. The Morgan fingerprint density at radius 1 is 0.346 bits per heavy atom. The minimum absolute atomic E-state index is 0.0803. The maximum Gasteiger partial charge on any atom is 0.187 e. The molecule has 45 N–H and O–H groups in total. The summed E-state index contributed by atoms with van der Waals surface area (Å²) in [5.74, 6) is -2.46. The Bertz CT molecular complexity index is 3570. The van der Waals surface area contributed by atoms with Gasteiger partial charge in [0.2, 0.25) is 0 Å². The van der Waals surface area contributed by atoms with Gasteiger partial charge in [-0.15, -0.1) is 0 Å². The second-order valence-electron chi connectivity index (χ2n) is 37.5. The molecule has 0 aromatic rings. The average molecular weight is 1900 g/mol. The van der Waals surface area contributed by atoms with Gasteiger partial charge in [0.1, 0.15) is 138 Å². The summed E-state index contributed by atoms with van der Waals surface area (Å²) in [5.41, 5.74) is 91.4. The van der Waals surface area contributed by atoms with E-state index in [0.29, 0.717) is 38.5 Å². The molecule has 12 aliphatic rings. The number of nitrogens with zero attached hydrogens (tertiary/aromatic N) is 1. The molecule has 758 valence electrons. The van der Waals surface area contributed by atoms with Gasteiger partial charge in [0.15, 0.2) is 56.6 Å². The van der Waals surface area contributed by atoms with E-state index in [1.807, 2.05) is 19.9 Å². The predicted molar refractivity (Wildman–Crippen MR) is 447 cm³/mol. The van der Waals surface area contributed by atoms with Gasteiger partial charge in [-0.25, -0.2) is 8.42 Å². The zero-order valence-electron chi connectivity index (χ0n) is 74.0. The van der Waals surface area contributed by atoms with E-state index >= 15 is 0 Å². The molecule has 0 bridgehead atoms. The number of nitrogens with two attached hydrogens (primary N) is 15. The van der Waals surface area contributed by atoms with Crippen LogP contribution in [-0.2, 0) is 95.1 Å². The van der Waals surface area contributed by atoms with Crippen LogP contribution in [0.2, 0.25) is 0 Å². The van der Waals surface area contributed by atoms with E-state index in [9.17, 15) is 85.0 Å². The van der Waals surface area contributed by atoms with Gasteiger partial charge in [-0.05, 0) is 71.6 Å². The summed E-state index contributed by atoms with van der Waals surface area (Å²) < 4.78 is 131. The van der Waals surface area contributed by atoms with Crippen molar-refractivity contribution in [3.8, 4) is 6.07 Å². The number of sulfone groups is 1. The van der Waals surface area contributed by atoms with E-state index in [2.05, 4.69) is 0 Å². The summed E-state index contributed by atoms with van der Waals surface area (Å²) in [5, 5.41) is 168. The number of aliphatic hydroxyl groups is 15. The van der Waals surface area contributed by atoms with Crippen molar-refractivity contribution in [2.75, 3.05) is 51.5 Å². The number of ether oxygens (including phenoxy) is 18. The lowest BCUT2D eigenvalue weighted by Crippen LogP contribution is -2.66. The molecule has 0 aromatic carbocycles. The van der Waals surface area contributed by atoms with Crippen LogP contribution in [0, 0.1) is 29.1 Å². The van der Waals surface area contributed by atoms with Crippen molar-refractivity contribution in [3.63, 3.8) is 0 Å². The lowest BCUT2D eigenvalue weighted by molar-refractivity contribution is -0.297. The summed E-state index contributed by atoms with van der Waals surface area (Å²) in [6.45, 7) is 6.46. The van der Waals surface area contributed by atoms with Crippen molar-refractivity contribution < 1.29 is 170 Å². The molecule has 0 radical (unpaired) electrons. The van der Waals surface area contributed by atoms with Gasteiger partial charge in [-0.3, -0.25) is 0 Å². The Morgan fingerprint density at radius 2 is 0.615 bits per heavy atom. The molecule has 9 heterocycles. The smallest absolute Gasteiger partial charge is 0.187 e. The summed E-state index contributed by atoms with van der Waals surface area (Å²) >= 11 is 0. The molecule has 3 saturated carbocycles. The van der Waals surface area contributed by atoms with Crippen LogP contribution in [-0.4, -0.2) is 448 Å². The SMILES string of the molecule is CC1C(OC2C(CO)OC(OC3C(O)C(N)CC(N)C3OC3OC(C(C)(C)N)CCC3N)C2O)OC(CN)C(O)C1O.CC1C(OC2C(CO)OC(OC3C(O)C(N)CC(N)C3OC3OC(C(N)CC#N)CCC3N)C2O)OC(CN)C(O)C1O.CC1C(OC2C(CO)OC(OC3C(O)C(N)CC(N)C3OC3OC(C(N)CS(C)(=O)=O)CCC3N)C2O)OC(CN)C(O)C1O. The zero-order valence-corrected chi connectivity index (χ0v) is 74.8. The molecule has 53 atom stereocenters. The van der Waals surface area contributed by atoms with Crippen LogP contribution in [0.25, 0.3) is 0 Å². The van der Waals surface area contributed by atoms with Crippen molar-refractivity contribution in [2.24, 2.45) is 104 Å². The standard InChI is InChI=1S/C26H48N6O11.C26H51N5O13S.C26H51N5O11/c1-9-17(34)19(36)15(7-28)39-24(9)42-22-16(8-33)40-26(20(22)37)43-23-18(35)12(31)6-13(32)21(23)41-25-11(30)2-3-14(38-25)10(29)4-5-27;1-9-17(33)19(35)15(6-27)40-24(9)43-22-16(7-32)41-26(20(22)36)44-23-18(34)11(29)5-12(30)21(23)42-25-10(28)3-4-14(39-25)13(31)8-45(2,37)38;1-9-16(33)18(35)13(7-27)37-23(9)41-21-14(8-32)38-25(19(21)36)42-22-17(34)11(29)6-12(30)20(22)40-24-10(28)4-5-15(39-24)26(2,3)31/h9-26,33-37H,2-4,6-8,28-32H2,1H3;9-26,32-36H,3-8,27-31H2,1-2H3;9-25,32-36H,4-8,27-31H2,1-3H3. The molecule has 9 aliphatic heterocycles. The number of aliphatic hydroxyl groups excluding tert-OH is 15. The molecule has 12 rings (SSSR count). The van der Waals surface area contributed by atoms with Gasteiger partial charge < -0.3 is 248 Å². The van der Waals surface area contributed by atoms with Gasteiger partial charge in [-0.2, -0.15) is 5.26 Å². The Labute approximate surface area is 754 Å². The van der Waals surface area contributed by atoms with Crippen molar-refractivity contribution in [1.29, 1.82) is 5.26 Å². The van der Waals surface area contributed by atoms with Crippen LogP contribution < -0.4 is 86.0 Å². The summed E-state index contributed by atoms with van der Waals surface area (Å²) in [6, 6.07) is -5.65. The van der Waals surface area contributed by atoms with Crippen LogP contribution in [0.15, 0.2) is 0 Å². The first kappa shape index (κ1) is 110. The minimum atomic E-state index is -3.38. The normalized spacial score (nSPS) is 49.7. The first-order valence-corrected chi connectivity index (χ1v) is 46.7. The van der Waals surface area contributed by atoms with Gasteiger partial charge in [0.05, 0.1) is 111 Å². The monoisotopic (exact) mass is 1900 g/mol. The first-order valence-electron chi connectivity index (χ1n) is 44.7. The molecule has 53 unspecified atom stereocenters. The predicted octanol–water partition coefficient (Wildman–Crippen LogP) is -16.1. The lowest BCUT2D eigenvalue weighted by atomic mass is 9.84. The minimum Gasteiger partial charge on any atom is -0.394 e.